The molecular weight excluding hydrogens is 771 g/mol. The van der Waals surface area contributed by atoms with Gasteiger partial charge in [0.2, 0.25) is 11.8 Å². The zero-order chi connectivity index (χ0) is 42.9. The van der Waals surface area contributed by atoms with Gasteiger partial charge in [-0.3, -0.25) is 0 Å². The highest BCUT2D eigenvalue weighted by atomic mass is 16.4. The van der Waals surface area contributed by atoms with Crippen molar-refractivity contribution in [2.45, 2.75) is 51.9 Å². The molecule has 5 nitrogen and oxygen atoms in total. The third-order valence-corrected chi connectivity index (χ3v) is 13.2. The normalized spacial score (nSPS) is 13.3. The van der Waals surface area contributed by atoms with Gasteiger partial charge in [-0.15, -0.1) is 0 Å². The van der Waals surface area contributed by atoms with Crippen molar-refractivity contribution in [1.82, 2.24) is 9.97 Å². The lowest BCUT2D eigenvalue weighted by atomic mass is 9.73. The number of hydrogen-bond acceptors (Lipinski definition) is 5. The molecule has 8 aromatic carbocycles. The molecule has 11 rings (SSSR count). The summed E-state index contributed by atoms with van der Waals surface area (Å²) in [5, 5.41) is 0. The van der Waals surface area contributed by atoms with Gasteiger partial charge in [-0.1, -0.05) is 137 Å². The molecule has 0 saturated heterocycles. The molecule has 0 bridgehead atoms. The standard InChI is InChI=1S/C58H47N3O2/c1-37-22-25-42(55-59-49-17-9-12-20-53(49)62-55)35-47(37)57(2,3)45-15-7-6-14-41(45)34-38-23-26-39(27-24-38)40-28-31-44(32-29-40)61-51-19-11-8-16-46(51)58(4,5)48-36-43(30-33-52(48)61)56-60-50-18-10-13-21-54(50)63-56/h6-33,35-36H,34H2,1-5H3. The Kier molecular flexibility index (Phi) is 9.06. The summed E-state index contributed by atoms with van der Waals surface area (Å²) in [7, 11) is 0. The van der Waals surface area contributed by atoms with E-state index in [2.05, 4.69) is 173 Å². The second kappa shape index (κ2) is 14.8. The molecule has 1 aliphatic heterocycles. The second-order valence-corrected chi connectivity index (χ2v) is 17.9. The first kappa shape index (κ1) is 38.4. The summed E-state index contributed by atoms with van der Waals surface area (Å²) in [6.07, 6.45) is 0.834. The van der Waals surface area contributed by atoms with Crippen molar-refractivity contribution in [2.24, 2.45) is 0 Å². The van der Waals surface area contributed by atoms with Crippen LogP contribution in [0.5, 0.6) is 0 Å². The van der Waals surface area contributed by atoms with Crippen LogP contribution in [0.3, 0.4) is 0 Å². The molecule has 0 N–H and O–H groups in total. The Morgan fingerprint density at radius 3 is 1.73 bits per heavy atom. The van der Waals surface area contributed by atoms with Gasteiger partial charge in [0.25, 0.3) is 0 Å². The van der Waals surface area contributed by atoms with Crippen LogP contribution < -0.4 is 4.90 Å². The lowest BCUT2D eigenvalue weighted by molar-refractivity contribution is 0.614. The molecule has 0 atom stereocenters. The van der Waals surface area contributed by atoms with E-state index in [0.29, 0.717) is 11.8 Å². The second-order valence-electron chi connectivity index (χ2n) is 17.9. The summed E-state index contributed by atoms with van der Waals surface area (Å²) >= 11 is 0. The van der Waals surface area contributed by atoms with Gasteiger partial charge in [-0.2, -0.15) is 0 Å². The SMILES string of the molecule is Cc1ccc(-c2nc3ccccc3o2)cc1C(C)(C)c1ccccc1Cc1ccc(-c2ccc(N3c4ccccc4C(C)(C)c4cc(-c5nc6ccccc6o5)ccc43)cc2)cc1. The van der Waals surface area contributed by atoms with E-state index in [1.807, 2.05) is 48.5 Å². The molecule has 63 heavy (non-hydrogen) atoms. The highest BCUT2D eigenvalue weighted by Crippen LogP contribution is 2.52. The van der Waals surface area contributed by atoms with Gasteiger partial charge in [-0.25, -0.2) is 9.97 Å². The number of anilines is 3. The highest BCUT2D eigenvalue weighted by Gasteiger charge is 2.37. The Balaban J connectivity index is 0.864. The molecule has 0 aliphatic carbocycles. The molecule has 3 heterocycles. The van der Waals surface area contributed by atoms with Gasteiger partial charge in [-0.05, 0) is 136 Å². The minimum absolute atomic E-state index is 0.236. The molecule has 0 spiro atoms. The lowest BCUT2D eigenvalue weighted by Gasteiger charge is -2.42. The average molecular weight is 818 g/mol. The quantitative estimate of drug-likeness (QED) is 0.153. The molecule has 306 valence electrons. The topological polar surface area (TPSA) is 55.3 Å². The van der Waals surface area contributed by atoms with Crippen LogP contribution in [-0.4, -0.2) is 9.97 Å². The maximum Gasteiger partial charge on any atom is 0.227 e. The molecule has 1 aliphatic rings. The number of benzene rings is 8. The van der Waals surface area contributed by atoms with E-state index in [1.165, 1.54) is 55.8 Å². The van der Waals surface area contributed by atoms with Gasteiger partial charge < -0.3 is 13.7 Å². The van der Waals surface area contributed by atoms with Crippen LogP contribution in [0, 0.1) is 6.92 Å². The number of fused-ring (bicyclic) bond motifs is 4. The number of para-hydroxylation sites is 5. The molecular formula is C58H47N3O2. The van der Waals surface area contributed by atoms with Gasteiger partial charge in [0, 0.05) is 27.6 Å². The fraction of sp³-hybridized carbons (Fsp3) is 0.138. The van der Waals surface area contributed by atoms with Crippen LogP contribution in [-0.2, 0) is 17.3 Å². The van der Waals surface area contributed by atoms with Crippen LogP contribution in [0.2, 0.25) is 0 Å². The van der Waals surface area contributed by atoms with Crippen LogP contribution >= 0.6 is 0 Å². The first-order valence-corrected chi connectivity index (χ1v) is 21.8. The fourth-order valence-electron chi connectivity index (χ4n) is 9.80. The van der Waals surface area contributed by atoms with E-state index in [4.69, 9.17) is 18.8 Å². The Morgan fingerprint density at radius 2 is 1.05 bits per heavy atom. The van der Waals surface area contributed by atoms with Crippen LogP contribution in [0.4, 0.5) is 17.1 Å². The third-order valence-electron chi connectivity index (χ3n) is 13.2. The number of rotatable bonds is 8. The van der Waals surface area contributed by atoms with Gasteiger partial charge in [0.15, 0.2) is 11.2 Å². The zero-order valence-corrected chi connectivity index (χ0v) is 36.2. The minimum atomic E-state index is -0.260. The molecule has 10 aromatic rings. The van der Waals surface area contributed by atoms with Gasteiger partial charge in [0.05, 0.1) is 11.4 Å². The molecule has 0 fully saturated rings. The van der Waals surface area contributed by atoms with E-state index < -0.39 is 0 Å². The Labute approximate surface area is 368 Å². The van der Waals surface area contributed by atoms with Crippen molar-refractivity contribution in [1.29, 1.82) is 0 Å². The minimum Gasteiger partial charge on any atom is -0.436 e. The smallest absolute Gasteiger partial charge is 0.227 e. The Morgan fingerprint density at radius 1 is 0.508 bits per heavy atom. The molecule has 0 radical (unpaired) electrons. The molecule has 5 heteroatoms. The number of nitrogens with zero attached hydrogens (tertiary/aromatic N) is 3. The molecule has 0 amide bonds. The summed E-state index contributed by atoms with van der Waals surface area (Å²) in [6.45, 7) is 11.5. The maximum absolute atomic E-state index is 6.22. The van der Waals surface area contributed by atoms with Crippen molar-refractivity contribution in [2.75, 3.05) is 4.90 Å². The predicted octanol–water partition coefficient (Wildman–Crippen LogP) is 15.3. The summed E-state index contributed by atoms with van der Waals surface area (Å²) < 4.78 is 12.4. The van der Waals surface area contributed by atoms with Gasteiger partial charge >= 0.3 is 0 Å². The van der Waals surface area contributed by atoms with Crippen LogP contribution in [0.25, 0.3) is 56.2 Å². The van der Waals surface area contributed by atoms with E-state index in [9.17, 15) is 0 Å². The van der Waals surface area contributed by atoms with Crippen molar-refractivity contribution >= 4 is 39.3 Å². The number of aryl methyl sites for hydroxylation is 1. The third kappa shape index (κ3) is 6.63. The van der Waals surface area contributed by atoms with Gasteiger partial charge in [0.1, 0.15) is 11.0 Å². The summed E-state index contributed by atoms with van der Waals surface area (Å²) in [5.74, 6) is 1.28. The van der Waals surface area contributed by atoms with Crippen molar-refractivity contribution in [3.8, 4) is 34.0 Å². The van der Waals surface area contributed by atoms with E-state index in [0.717, 1.165) is 51.1 Å². The van der Waals surface area contributed by atoms with Crippen LogP contribution in [0.15, 0.2) is 191 Å². The molecule has 2 aromatic heterocycles. The molecule has 0 saturated carbocycles. The van der Waals surface area contributed by atoms with Crippen molar-refractivity contribution in [3.05, 3.63) is 221 Å². The molecule has 0 unspecified atom stereocenters. The van der Waals surface area contributed by atoms with Crippen LogP contribution in [0.1, 0.15) is 66.6 Å². The van der Waals surface area contributed by atoms with Crippen molar-refractivity contribution < 1.29 is 8.83 Å². The first-order chi connectivity index (χ1) is 30.6. The first-order valence-electron chi connectivity index (χ1n) is 21.8. The summed E-state index contributed by atoms with van der Waals surface area (Å²) in [4.78, 5) is 12.0. The Bertz CT molecular complexity index is 3270. The Hall–Kier alpha value is -7.50. The largest absolute Gasteiger partial charge is 0.436 e. The monoisotopic (exact) mass is 817 g/mol. The van der Waals surface area contributed by atoms with Crippen molar-refractivity contribution in [3.63, 3.8) is 0 Å². The van der Waals surface area contributed by atoms with E-state index >= 15 is 0 Å². The number of aromatic nitrogens is 2. The number of hydrogen-bond donors (Lipinski definition) is 0. The predicted molar refractivity (Wildman–Crippen MR) is 257 cm³/mol. The number of oxazole rings is 2. The summed E-state index contributed by atoms with van der Waals surface area (Å²) in [6, 6.07) is 64.8. The zero-order valence-electron chi connectivity index (χ0n) is 36.2. The summed E-state index contributed by atoms with van der Waals surface area (Å²) in [5.41, 5.74) is 19.5. The fourth-order valence-corrected chi connectivity index (χ4v) is 9.80. The highest BCUT2D eigenvalue weighted by molar-refractivity contribution is 5.88. The van der Waals surface area contributed by atoms with E-state index in [1.54, 1.807) is 0 Å². The average Bonchev–Trinajstić information content (AvgIpc) is 3.95. The lowest BCUT2D eigenvalue weighted by Crippen LogP contribution is -2.30. The van der Waals surface area contributed by atoms with E-state index in [-0.39, 0.29) is 10.8 Å². The maximum atomic E-state index is 6.22.